The van der Waals surface area contributed by atoms with Gasteiger partial charge in [0.05, 0.1) is 7.11 Å². The Balaban J connectivity index is 2.19. The first-order chi connectivity index (χ1) is 6.77. The van der Waals surface area contributed by atoms with E-state index in [2.05, 4.69) is 0 Å². The number of thiophene rings is 1. The molecular weight excluding hydrogens is 198 g/mol. The van der Waals surface area contributed by atoms with Crippen molar-refractivity contribution < 1.29 is 9.53 Å². The normalized spacial score (nSPS) is 24.7. The molecule has 0 aliphatic heterocycles. The molecule has 14 heavy (non-hydrogen) atoms. The van der Waals surface area contributed by atoms with Crippen molar-refractivity contribution in [1.82, 2.24) is 0 Å². The predicted molar refractivity (Wildman–Crippen MR) is 55.6 cm³/mol. The number of hydrogen-bond donors (Lipinski definition) is 1. The second-order valence-electron chi connectivity index (χ2n) is 3.53. The number of rotatable bonds is 3. The fourth-order valence-electron chi connectivity index (χ4n) is 1.76. The first-order valence-corrected chi connectivity index (χ1v) is 5.51. The summed E-state index contributed by atoms with van der Waals surface area (Å²) < 4.78 is 4.72. The van der Waals surface area contributed by atoms with Crippen LogP contribution in [0.25, 0.3) is 0 Å². The molecule has 0 radical (unpaired) electrons. The first kappa shape index (κ1) is 9.68. The van der Waals surface area contributed by atoms with Crippen LogP contribution in [-0.2, 0) is 4.74 Å². The lowest BCUT2D eigenvalue weighted by Crippen LogP contribution is -2.04. The molecule has 2 atom stereocenters. The Hall–Kier alpha value is -0.870. The Morgan fingerprint density at radius 1 is 1.79 bits per heavy atom. The van der Waals surface area contributed by atoms with Crippen molar-refractivity contribution in [3.8, 4) is 0 Å². The molecule has 0 aromatic carbocycles. The third kappa shape index (κ3) is 1.55. The van der Waals surface area contributed by atoms with Crippen LogP contribution in [-0.4, -0.2) is 19.6 Å². The number of nitrogens with two attached hydrogens (primary N) is 1. The summed E-state index contributed by atoms with van der Waals surface area (Å²) in [5.41, 5.74) is 6.70. The Morgan fingerprint density at radius 2 is 2.57 bits per heavy atom. The number of esters is 1. The molecule has 1 fully saturated rings. The van der Waals surface area contributed by atoms with Gasteiger partial charge in [-0.15, -0.1) is 11.3 Å². The van der Waals surface area contributed by atoms with Crippen LogP contribution in [0.3, 0.4) is 0 Å². The van der Waals surface area contributed by atoms with Gasteiger partial charge in [0.15, 0.2) is 0 Å². The number of hydrogen-bond acceptors (Lipinski definition) is 4. The lowest BCUT2D eigenvalue weighted by Gasteiger charge is -2.00. The average Bonchev–Trinajstić information content (AvgIpc) is 2.85. The highest BCUT2D eigenvalue weighted by atomic mass is 32.1. The quantitative estimate of drug-likeness (QED) is 0.772. The monoisotopic (exact) mass is 211 g/mol. The molecule has 1 aromatic rings. The third-order valence-corrected chi connectivity index (χ3v) is 3.60. The van der Waals surface area contributed by atoms with Gasteiger partial charge in [0.25, 0.3) is 0 Å². The summed E-state index contributed by atoms with van der Waals surface area (Å²) in [7, 11) is 1.42. The number of carbonyl (C=O) groups is 1. The van der Waals surface area contributed by atoms with Crippen LogP contribution in [0.4, 0.5) is 0 Å². The molecule has 3 nitrogen and oxygen atoms in total. The maximum Gasteiger partial charge on any atom is 0.348 e. The summed E-state index contributed by atoms with van der Waals surface area (Å²) in [4.78, 5) is 12.1. The van der Waals surface area contributed by atoms with Gasteiger partial charge in [-0.3, -0.25) is 0 Å². The van der Waals surface area contributed by atoms with Crippen LogP contribution in [0.2, 0.25) is 0 Å². The highest BCUT2D eigenvalue weighted by Crippen LogP contribution is 2.48. The second kappa shape index (κ2) is 3.71. The van der Waals surface area contributed by atoms with Gasteiger partial charge in [-0.05, 0) is 41.8 Å². The van der Waals surface area contributed by atoms with Crippen molar-refractivity contribution in [2.75, 3.05) is 13.7 Å². The van der Waals surface area contributed by atoms with Gasteiger partial charge in [0, 0.05) is 0 Å². The lowest BCUT2D eigenvalue weighted by atomic mass is 10.1. The molecule has 1 aromatic heterocycles. The first-order valence-electron chi connectivity index (χ1n) is 4.63. The minimum Gasteiger partial charge on any atom is -0.465 e. The molecule has 2 N–H and O–H groups in total. The van der Waals surface area contributed by atoms with Crippen molar-refractivity contribution in [2.24, 2.45) is 11.7 Å². The molecule has 4 heteroatoms. The van der Waals surface area contributed by atoms with E-state index < -0.39 is 0 Å². The van der Waals surface area contributed by atoms with Crippen molar-refractivity contribution in [3.63, 3.8) is 0 Å². The number of carbonyl (C=O) groups excluding carboxylic acids is 1. The molecule has 1 saturated carbocycles. The fourth-order valence-corrected chi connectivity index (χ4v) is 2.64. The van der Waals surface area contributed by atoms with E-state index in [-0.39, 0.29) is 5.97 Å². The van der Waals surface area contributed by atoms with E-state index in [4.69, 9.17) is 10.5 Å². The Labute approximate surface area is 86.9 Å². The zero-order valence-corrected chi connectivity index (χ0v) is 8.84. The van der Waals surface area contributed by atoms with Crippen LogP contribution < -0.4 is 5.73 Å². The molecule has 2 unspecified atom stereocenters. The molecule has 76 valence electrons. The highest BCUT2D eigenvalue weighted by Gasteiger charge is 2.39. The third-order valence-electron chi connectivity index (χ3n) is 2.69. The van der Waals surface area contributed by atoms with E-state index in [1.54, 1.807) is 0 Å². The predicted octanol–water partition coefficient (Wildman–Crippen LogP) is 1.60. The molecule has 0 spiro atoms. The lowest BCUT2D eigenvalue weighted by molar-refractivity contribution is 0.0605. The van der Waals surface area contributed by atoms with E-state index >= 15 is 0 Å². The van der Waals surface area contributed by atoms with Crippen LogP contribution in [0.1, 0.15) is 27.6 Å². The molecule has 2 rings (SSSR count). The Kier molecular flexibility index (Phi) is 2.56. The minimum absolute atomic E-state index is 0.224. The second-order valence-corrected chi connectivity index (χ2v) is 4.45. The fraction of sp³-hybridized carbons (Fsp3) is 0.500. The van der Waals surface area contributed by atoms with Crippen LogP contribution in [0.5, 0.6) is 0 Å². The van der Waals surface area contributed by atoms with Gasteiger partial charge < -0.3 is 10.5 Å². The highest BCUT2D eigenvalue weighted by molar-refractivity contribution is 7.12. The van der Waals surface area contributed by atoms with Gasteiger partial charge in [-0.1, -0.05) is 0 Å². The maximum atomic E-state index is 11.4. The summed E-state index contributed by atoms with van der Waals surface area (Å²) in [6.45, 7) is 0.709. The van der Waals surface area contributed by atoms with E-state index in [0.29, 0.717) is 18.4 Å². The summed E-state index contributed by atoms with van der Waals surface area (Å²) in [5.74, 6) is 0.825. The van der Waals surface area contributed by atoms with E-state index in [1.165, 1.54) is 18.4 Å². The average molecular weight is 211 g/mol. The molecular formula is C10H13NO2S. The standard InChI is InChI=1S/C10H13NO2S/c1-13-10(12)9-7(2-3-14-9)8-4-6(8)5-11/h2-3,6,8H,4-5,11H2,1H3. The van der Waals surface area contributed by atoms with Gasteiger partial charge in [0.1, 0.15) is 4.88 Å². The molecule has 1 aliphatic carbocycles. The van der Waals surface area contributed by atoms with Crippen molar-refractivity contribution in [2.45, 2.75) is 12.3 Å². The topological polar surface area (TPSA) is 52.3 Å². The minimum atomic E-state index is -0.224. The summed E-state index contributed by atoms with van der Waals surface area (Å²) in [6.07, 6.45) is 1.11. The molecule has 0 amide bonds. The van der Waals surface area contributed by atoms with Crippen molar-refractivity contribution >= 4 is 17.3 Å². The Morgan fingerprint density at radius 3 is 3.14 bits per heavy atom. The van der Waals surface area contributed by atoms with E-state index in [0.717, 1.165) is 16.9 Å². The van der Waals surface area contributed by atoms with Gasteiger partial charge in [-0.25, -0.2) is 4.79 Å². The van der Waals surface area contributed by atoms with Crippen LogP contribution >= 0.6 is 11.3 Å². The maximum absolute atomic E-state index is 11.4. The summed E-state index contributed by atoms with van der Waals surface area (Å²) in [5, 5.41) is 1.94. The summed E-state index contributed by atoms with van der Waals surface area (Å²) in [6, 6.07) is 2.01. The number of methoxy groups -OCH3 is 1. The number of ether oxygens (including phenoxy) is 1. The van der Waals surface area contributed by atoms with Crippen molar-refractivity contribution in [3.05, 3.63) is 21.9 Å². The zero-order chi connectivity index (χ0) is 10.1. The van der Waals surface area contributed by atoms with Crippen LogP contribution in [0.15, 0.2) is 11.4 Å². The summed E-state index contributed by atoms with van der Waals surface area (Å²) >= 11 is 1.45. The molecule has 1 heterocycles. The van der Waals surface area contributed by atoms with Crippen LogP contribution in [0, 0.1) is 5.92 Å². The van der Waals surface area contributed by atoms with E-state index in [9.17, 15) is 4.79 Å². The smallest absolute Gasteiger partial charge is 0.348 e. The van der Waals surface area contributed by atoms with Gasteiger partial charge in [0.2, 0.25) is 0 Å². The molecule has 0 bridgehead atoms. The molecule has 1 aliphatic rings. The zero-order valence-electron chi connectivity index (χ0n) is 8.03. The van der Waals surface area contributed by atoms with Gasteiger partial charge >= 0.3 is 5.97 Å². The van der Waals surface area contributed by atoms with E-state index in [1.807, 2.05) is 11.4 Å². The largest absolute Gasteiger partial charge is 0.465 e. The van der Waals surface area contributed by atoms with Crippen molar-refractivity contribution in [1.29, 1.82) is 0 Å². The Bertz CT molecular complexity index is 348. The molecule has 0 saturated heterocycles. The SMILES string of the molecule is COC(=O)c1sccc1C1CC1CN. The van der Waals surface area contributed by atoms with Gasteiger partial charge in [-0.2, -0.15) is 0 Å².